The van der Waals surface area contributed by atoms with E-state index in [1.54, 1.807) is 0 Å². The first kappa shape index (κ1) is 10.5. The monoisotopic (exact) mass is 184 g/mol. The first-order chi connectivity index (χ1) is 6.18. The van der Waals surface area contributed by atoms with Gasteiger partial charge < -0.3 is 11.1 Å². The molecule has 0 aliphatic heterocycles. The zero-order chi connectivity index (χ0) is 9.68. The number of amides is 1. The molecule has 3 heteroatoms. The molecule has 1 saturated carbocycles. The summed E-state index contributed by atoms with van der Waals surface area (Å²) in [6.45, 7) is 3.59. The highest BCUT2D eigenvalue weighted by Gasteiger charge is 2.17. The highest BCUT2D eigenvalue weighted by molar-refractivity contribution is 5.75. The van der Waals surface area contributed by atoms with Crippen molar-refractivity contribution in [3.63, 3.8) is 0 Å². The lowest BCUT2D eigenvalue weighted by molar-refractivity contribution is -0.117. The Morgan fingerprint density at radius 3 is 2.54 bits per heavy atom. The molecule has 1 aliphatic rings. The van der Waals surface area contributed by atoms with Crippen LogP contribution in [0.5, 0.6) is 0 Å². The molecule has 0 aromatic carbocycles. The fraction of sp³-hybridized carbons (Fsp3) is 0.900. The number of hydrogen-bond donors (Lipinski definition) is 2. The van der Waals surface area contributed by atoms with E-state index < -0.39 is 0 Å². The van der Waals surface area contributed by atoms with Gasteiger partial charge >= 0.3 is 0 Å². The van der Waals surface area contributed by atoms with Gasteiger partial charge in [-0.3, -0.25) is 4.79 Å². The maximum Gasteiger partial charge on any atom is 0.231 e. The minimum atomic E-state index is -0.260. The number of nitrogens with two attached hydrogens (primary N) is 1. The molecule has 76 valence electrons. The van der Waals surface area contributed by atoms with Crippen LogP contribution in [0.4, 0.5) is 0 Å². The molecule has 0 heterocycles. The highest BCUT2D eigenvalue weighted by atomic mass is 16.1. The number of rotatable bonds is 4. The van der Waals surface area contributed by atoms with Crippen molar-refractivity contribution in [1.82, 2.24) is 5.32 Å². The predicted molar refractivity (Wildman–Crippen MR) is 53.2 cm³/mol. The number of carbonyl (C=O) groups is 1. The standard InChI is InChI=1S/C10H20N2O/c1-8-2-4-9(5-3-8)6-12-7-10(11)13/h8-9,12H,2-7H2,1H3,(H2,11,13). The van der Waals surface area contributed by atoms with Gasteiger partial charge in [0, 0.05) is 0 Å². The summed E-state index contributed by atoms with van der Waals surface area (Å²) >= 11 is 0. The molecular formula is C10H20N2O. The minimum Gasteiger partial charge on any atom is -0.369 e. The summed E-state index contributed by atoms with van der Waals surface area (Å²) < 4.78 is 0. The van der Waals surface area contributed by atoms with Crippen LogP contribution < -0.4 is 11.1 Å². The number of hydrogen-bond acceptors (Lipinski definition) is 2. The molecule has 1 amide bonds. The fourth-order valence-electron chi connectivity index (χ4n) is 1.93. The number of nitrogens with one attached hydrogen (secondary N) is 1. The van der Waals surface area contributed by atoms with Crippen molar-refractivity contribution in [2.75, 3.05) is 13.1 Å². The summed E-state index contributed by atoms with van der Waals surface area (Å²) in [6.07, 6.45) is 5.27. The average Bonchev–Trinajstić information content (AvgIpc) is 2.08. The molecule has 0 atom stereocenters. The molecule has 1 aliphatic carbocycles. The summed E-state index contributed by atoms with van der Waals surface area (Å²) in [5.74, 6) is 1.40. The van der Waals surface area contributed by atoms with Crippen molar-refractivity contribution in [3.8, 4) is 0 Å². The Kier molecular flexibility index (Phi) is 4.22. The van der Waals surface area contributed by atoms with Crippen LogP contribution >= 0.6 is 0 Å². The van der Waals surface area contributed by atoms with Gasteiger partial charge in [-0.2, -0.15) is 0 Å². The van der Waals surface area contributed by atoms with E-state index in [0.29, 0.717) is 6.54 Å². The Labute approximate surface area is 80.1 Å². The number of carbonyl (C=O) groups excluding carboxylic acids is 1. The van der Waals surface area contributed by atoms with E-state index in [1.807, 2.05) is 0 Å². The van der Waals surface area contributed by atoms with Crippen LogP contribution in [0, 0.1) is 11.8 Å². The predicted octanol–water partition coefficient (Wildman–Crippen LogP) is 0.888. The van der Waals surface area contributed by atoms with Crippen molar-refractivity contribution in [2.45, 2.75) is 32.6 Å². The number of primary amides is 1. The summed E-state index contributed by atoms with van der Waals surface area (Å²) in [7, 11) is 0. The Bertz CT molecular complexity index is 162. The van der Waals surface area contributed by atoms with Gasteiger partial charge in [-0.25, -0.2) is 0 Å². The van der Waals surface area contributed by atoms with Gasteiger partial charge in [0.1, 0.15) is 0 Å². The van der Waals surface area contributed by atoms with E-state index in [0.717, 1.165) is 18.4 Å². The quantitative estimate of drug-likeness (QED) is 0.681. The fourth-order valence-corrected chi connectivity index (χ4v) is 1.93. The van der Waals surface area contributed by atoms with Gasteiger partial charge in [0.2, 0.25) is 5.91 Å². The minimum absolute atomic E-state index is 0.260. The normalized spacial score (nSPS) is 28.7. The Balaban J connectivity index is 2.05. The molecule has 1 fully saturated rings. The highest BCUT2D eigenvalue weighted by Crippen LogP contribution is 2.27. The van der Waals surface area contributed by atoms with Crippen molar-refractivity contribution in [2.24, 2.45) is 17.6 Å². The van der Waals surface area contributed by atoms with Crippen molar-refractivity contribution in [3.05, 3.63) is 0 Å². The third-order valence-electron chi connectivity index (χ3n) is 2.87. The van der Waals surface area contributed by atoms with Crippen LogP contribution in [-0.4, -0.2) is 19.0 Å². The zero-order valence-corrected chi connectivity index (χ0v) is 8.38. The second-order valence-corrected chi connectivity index (χ2v) is 4.22. The third-order valence-corrected chi connectivity index (χ3v) is 2.87. The van der Waals surface area contributed by atoms with E-state index in [9.17, 15) is 4.79 Å². The largest absolute Gasteiger partial charge is 0.369 e. The van der Waals surface area contributed by atoms with Gasteiger partial charge in [-0.05, 0) is 31.2 Å². The molecule has 0 aromatic heterocycles. The van der Waals surface area contributed by atoms with Crippen LogP contribution in [0.25, 0.3) is 0 Å². The lowest BCUT2D eigenvalue weighted by Crippen LogP contribution is -2.33. The summed E-state index contributed by atoms with van der Waals surface area (Å²) in [5, 5.41) is 3.09. The van der Waals surface area contributed by atoms with Crippen LogP contribution in [0.2, 0.25) is 0 Å². The molecule has 0 bridgehead atoms. The smallest absolute Gasteiger partial charge is 0.231 e. The van der Waals surface area contributed by atoms with Gasteiger partial charge in [0.15, 0.2) is 0 Å². The van der Waals surface area contributed by atoms with E-state index in [4.69, 9.17) is 5.73 Å². The maximum atomic E-state index is 10.5. The first-order valence-electron chi connectivity index (χ1n) is 5.17. The summed E-state index contributed by atoms with van der Waals surface area (Å²) in [4.78, 5) is 10.5. The van der Waals surface area contributed by atoms with Crippen molar-refractivity contribution >= 4 is 5.91 Å². The molecule has 0 spiro atoms. The second kappa shape index (κ2) is 5.22. The SMILES string of the molecule is CC1CCC(CNCC(N)=O)CC1. The molecule has 13 heavy (non-hydrogen) atoms. The molecule has 3 N–H and O–H groups in total. The van der Waals surface area contributed by atoms with Crippen LogP contribution in [-0.2, 0) is 4.79 Å². The Morgan fingerprint density at radius 1 is 1.38 bits per heavy atom. The molecule has 3 nitrogen and oxygen atoms in total. The van der Waals surface area contributed by atoms with E-state index >= 15 is 0 Å². The molecule has 0 saturated heterocycles. The summed E-state index contributed by atoms with van der Waals surface area (Å²) in [5.41, 5.74) is 5.03. The van der Waals surface area contributed by atoms with E-state index in [2.05, 4.69) is 12.2 Å². The molecule has 0 unspecified atom stereocenters. The van der Waals surface area contributed by atoms with Crippen LogP contribution in [0.3, 0.4) is 0 Å². The summed E-state index contributed by atoms with van der Waals surface area (Å²) in [6, 6.07) is 0. The van der Waals surface area contributed by atoms with Gasteiger partial charge in [0.05, 0.1) is 6.54 Å². The Hall–Kier alpha value is -0.570. The molecule has 1 rings (SSSR count). The van der Waals surface area contributed by atoms with E-state index in [1.165, 1.54) is 25.7 Å². The maximum absolute atomic E-state index is 10.5. The lowest BCUT2D eigenvalue weighted by atomic mass is 9.83. The Morgan fingerprint density at radius 2 is 2.00 bits per heavy atom. The van der Waals surface area contributed by atoms with E-state index in [-0.39, 0.29) is 5.91 Å². The lowest BCUT2D eigenvalue weighted by Gasteiger charge is -2.26. The van der Waals surface area contributed by atoms with Gasteiger partial charge in [-0.1, -0.05) is 19.8 Å². The van der Waals surface area contributed by atoms with Crippen LogP contribution in [0.1, 0.15) is 32.6 Å². The van der Waals surface area contributed by atoms with Gasteiger partial charge in [-0.15, -0.1) is 0 Å². The van der Waals surface area contributed by atoms with Crippen LogP contribution in [0.15, 0.2) is 0 Å². The molecule has 0 radical (unpaired) electrons. The topological polar surface area (TPSA) is 55.1 Å². The second-order valence-electron chi connectivity index (χ2n) is 4.22. The van der Waals surface area contributed by atoms with Crippen molar-refractivity contribution in [1.29, 1.82) is 0 Å². The average molecular weight is 184 g/mol. The molecular weight excluding hydrogens is 164 g/mol. The zero-order valence-electron chi connectivity index (χ0n) is 8.38. The first-order valence-corrected chi connectivity index (χ1v) is 5.17. The van der Waals surface area contributed by atoms with Gasteiger partial charge in [0.25, 0.3) is 0 Å². The molecule has 0 aromatic rings. The van der Waals surface area contributed by atoms with Crippen molar-refractivity contribution < 1.29 is 4.79 Å². The third kappa shape index (κ3) is 4.27.